The number of para-hydroxylation sites is 1. The predicted octanol–water partition coefficient (Wildman–Crippen LogP) is 6.04. The van der Waals surface area contributed by atoms with E-state index < -0.39 is 5.25 Å². The van der Waals surface area contributed by atoms with Crippen molar-refractivity contribution in [2.75, 3.05) is 13.7 Å². The Morgan fingerprint density at radius 2 is 1.77 bits per heavy atom. The summed E-state index contributed by atoms with van der Waals surface area (Å²) < 4.78 is 14.2. The Morgan fingerprint density at radius 1 is 1.09 bits per heavy atom. The minimum absolute atomic E-state index is 0.300. The quantitative estimate of drug-likeness (QED) is 0.134. The normalized spacial score (nSPS) is 11.7. The van der Waals surface area contributed by atoms with Gasteiger partial charge < -0.3 is 9.47 Å². The van der Waals surface area contributed by atoms with Crippen LogP contribution in [0.15, 0.2) is 82.4 Å². The van der Waals surface area contributed by atoms with Crippen molar-refractivity contribution in [3.8, 4) is 17.2 Å². The first kappa shape index (κ1) is 24.7. The molecule has 0 saturated heterocycles. The lowest BCUT2D eigenvalue weighted by Crippen LogP contribution is -2.12. The van der Waals surface area contributed by atoms with Crippen molar-refractivity contribution in [1.82, 2.24) is 14.8 Å². The van der Waals surface area contributed by atoms with Crippen molar-refractivity contribution in [2.24, 2.45) is 0 Å². The molecule has 10 heteroatoms. The molecule has 0 aliphatic rings. The maximum atomic E-state index is 11.6. The zero-order valence-corrected chi connectivity index (χ0v) is 21.5. The lowest BCUT2D eigenvalue weighted by Gasteiger charge is -2.18. The van der Waals surface area contributed by atoms with Crippen molar-refractivity contribution < 1.29 is 14.4 Å². The molecule has 0 amide bonds. The highest BCUT2D eigenvalue weighted by atomic mass is 79.9. The fraction of sp³-hybridized carbons (Fsp3) is 0.200. The van der Waals surface area contributed by atoms with E-state index in [4.69, 9.17) is 9.47 Å². The highest BCUT2D eigenvalue weighted by Crippen LogP contribution is 2.43. The zero-order valence-electron chi connectivity index (χ0n) is 19.1. The van der Waals surface area contributed by atoms with E-state index in [1.54, 1.807) is 13.2 Å². The van der Waals surface area contributed by atoms with Crippen molar-refractivity contribution in [3.05, 3.63) is 104 Å². The molecule has 35 heavy (non-hydrogen) atoms. The molecule has 0 fully saturated rings. The van der Waals surface area contributed by atoms with E-state index >= 15 is 0 Å². The van der Waals surface area contributed by atoms with E-state index in [2.05, 4.69) is 26.1 Å². The molecule has 180 valence electrons. The van der Waals surface area contributed by atoms with Crippen LogP contribution in [0.5, 0.6) is 11.5 Å². The summed E-state index contributed by atoms with van der Waals surface area (Å²) in [4.78, 5) is 11.3. The van der Waals surface area contributed by atoms with E-state index in [9.17, 15) is 10.1 Å². The van der Waals surface area contributed by atoms with E-state index in [-0.39, 0.29) is 11.5 Å². The van der Waals surface area contributed by atoms with Gasteiger partial charge in [0.05, 0.1) is 11.6 Å². The van der Waals surface area contributed by atoms with Crippen LogP contribution < -0.4 is 9.47 Å². The van der Waals surface area contributed by atoms with Gasteiger partial charge in [-0.3, -0.25) is 14.7 Å². The highest BCUT2D eigenvalue weighted by Gasteiger charge is 2.26. The van der Waals surface area contributed by atoms with Crippen LogP contribution in [0.4, 0.5) is 0 Å². The van der Waals surface area contributed by atoms with Crippen LogP contribution in [0.1, 0.15) is 22.2 Å². The van der Waals surface area contributed by atoms with Gasteiger partial charge in [-0.15, -0.1) is 10.2 Å². The lowest BCUT2D eigenvalue weighted by molar-refractivity contribution is -0.479. The zero-order chi connectivity index (χ0) is 24.8. The summed E-state index contributed by atoms with van der Waals surface area (Å²) in [6.07, 6.45) is 0. The second kappa shape index (κ2) is 11.4. The second-order valence-electron chi connectivity index (χ2n) is 7.63. The number of nitrogens with zero attached hydrogens (tertiary/aromatic N) is 4. The number of aryl methyl sites for hydroxylation is 1. The van der Waals surface area contributed by atoms with Gasteiger partial charge in [-0.25, -0.2) is 0 Å². The minimum Gasteiger partial charge on any atom is -0.493 e. The maximum Gasteiger partial charge on any atom is 0.220 e. The first-order valence-electron chi connectivity index (χ1n) is 10.8. The molecule has 0 aliphatic carbocycles. The van der Waals surface area contributed by atoms with Gasteiger partial charge >= 0.3 is 0 Å². The summed E-state index contributed by atoms with van der Waals surface area (Å²) in [5, 5.41) is 20.1. The highest BCUT2D eigenvalue weighted by molar-refractivity contribution is 9.10. The summed E-state index contributed by atoms with van der Waals surface area (Å²) in [5.41, 5.74) is 2.62. The summed E-state index contributed by atoms with van der Waals surface area (Å²) in [5.74, 6) is 1.72. The molecule has 0 aliphatic heterocycles. The van der Waals surface area contributed by atoms with Crippen LogP contribution in [0.3, 0.4) is 0 Å². The molecular formula is C25H23BrN4O4S. The number of methoxy groups -OCH3 is 1. The SMILES string of the molecule is COc1cc([C@@H](C[N+](=O)[O-])Sc2nnc(C)n2-c2ccccc2)cc(Br)c1OCc1ccccc1. The monoisotopic (exact) mass is 554 g/mol. The van der Waals surface area contributed by atoms with Gasteiger partial charge in [-0.1, -0.05) is 60.3 Å². The molecule has 4 aromatic rings. The molecule has 1 heterocycles. The van der Waals surface area contributed by atoms with E-state index in [0.29, 0.717) is 39.1 Å². The summed E-state index contributed by atoms with van der Waals surface area (Å²) in [7, 11) is 1.55. The topological polar surface area (TPSA) is 92.3 Å². The number of benzene rings is 3. The third-order valence-electron chi connectivity index (χ3n) is 5.22. The number of ether oxygens (including phenoxy) is 2. The average molecular weight is 555 g/mol. The lowest BCUT2D eigenvalue weighted by atomic mass is 10.1. The van der Waals surface area contributed by atoms with Crippen LogP contribution >= 0.6 is 27.7 Å². The van der Waals surface area contributed by atoms with Crippen molar-refractivity contribution in [3.63, 3.8) is 0 Å². The third kappa shape index (κ3) is 6.01. The average Bonchev–Trinajstić information content (AvgIpc) is 3.23. The van der Waals surface area contributed by atoms with E-state index in [0.717, 1.165) is 11.3 Å². The molecule has 3 aromatic carbocycles. The number of aromatic nitrogens is 3. The standard InChI is InChI=1S/C25H23BrN4O4S/c1-17-27-28-25(30(17)20-11-7-4-8-12-20)35-23(15-29(31)32)19-13-21(26)24(22(14-19)33-2)34-16-18-9-5-3-6-10-18/h3-14,23H,15-16H2,1-2H3/t23-/m1/s1. The molecule has 0 radical (unpaired) electrons. The Bertz CT molecular complexity index is 1300. The molecule has 0 N–H and O–H groups in total. The number of nitro groups is 1. The summed E-state index contributed by atoms with van der Waals surface area (Å²) in [6, 6.07) is 23.1. The van der Waals surface area contributed by atoms with Gasteiger partial charge in [0.2, 0.25) is 6.54 Å². The first-order chi connectivity index (χ1) is 17.0. The Balaban J connectivity index is 1.65. The molecule has 4 rings (SSSR count). The van der Waals surface area contributed by atoms with Gasteiger partial charge in [0, 0.05) is 10.6 Å². The first-order valence-corrected chi connectivity index (χ1v) is 12.4. The Hall–Kier alpha value is -3.37. The number of hydrogen-bond acceptors (Lipinski definition) is 7. The second-order valence-corrected chi connectivity index (χ2v) is 9.66. The third-order valence-corrected chi connectivity index (χ3v) is 6.99. The number of thioether (sulfide) groups is 1. The maximum absolute atomic E-state index is 11.6. The van der Waals surface area contributed by atoms with Crippen molar-refractivity contribution in [2.45, 2.75) is 23.9 Å². The fourth-order valence-electron chi connectivity index (χ4n) is 3.56. The number of hydrogen-bond donors (Lipinski definition) is 0. The largest absolute Gasteiger partial charge is 0.493 e. The molecular weight excluding hydrogens is 532 g/mol. The predicted molar refractivity (Wildman–Crippen MR) is 138 cm³/mol. The van der Waals surface area contributed by atoms with Crippen molar-refractivity contribution >= 4 is 27.7 Å². The van der Waals surface area contributed by atoms with Crippen LogP contribution in [-0.2, 0) is 6.61 Å². The molecule has 0 unspecified atom stereocenters. The van der Waals surface area contributed by atoms with Gasteiger partial charge in [0.25, 0.3) is 0 Å². The van der Waals surface area contributed by atoms with Gasteiger partial charge in [0.15, 0.2) is 16.7 Å². The van der Waals surface area contributed by atoms with Crippen LogP contribution in [0.2, 0.25) is 0 Å². The van der Waals surface area contributed by atoms with E-state index in [1.807, 2.05) is 78.2 Å². The van der Waals surface area contributed by atoms with Crippen molar-refractivity contribution in [1.29, 1.82) is 0 Å². The van der Waals surface area contributed by atoms with Crippen LogP contribution in [0, 0.1) is 17.0 Å². The molecule has 1 atom stereocenters. The van der Waals surface area contributed by atoms with Crippen LogP contribution in [-0.4, -0.2) is 33.3 Å². The Kier molecular flexibility index (Phi) is 8.04. The molecule has 1 aromatic heterocycles. The Morgan fingerprint density at radius 3 is 2.43 bits per heavy atom. The Labute approximate surface area is 215 Å². The molecule has 8 nitrogen and oxygen atoms in total. The fourth-order valence-corrected chi connectivity index (χ4v) is 5.29. The number of rotatable bonds is 10. The van der Waals surface area contributed by atoms with Gasteiger partial charge in [-0.2, -0.15) is 0 Å². The minimum atomic E-state index is -0.538. The van der Waals surface area contributed by atoms with Gasteiger partial charge in [0.1, 0.15) is 17.7 Å². The van der Waals surface area contributed by atoms with E-state index in [1.165, 1.54) is 11.8 Å². The van der Waals surface area contributed by atoms with Crippen LogP contribution in [0.25, 0.3) is 5.69 Å². The summed E-state index contributed by atoms with van der Waals surface area (Å²) >= 11 is 4.86. The summed E-state index contributed by atoms with van der Waals surface area (Å²) in [6.45, 7) is 1.91. The molecule has 0 bridgehead atoms. The molecule has 0 spiro atoms. The molecule has 0 saturated carbocycles. The number of halogens is 1. The smallest absolute Gasteiger partial charge is 0.220 e. The van der Waals surface area contributed by atoms with Gasteiger partial charge in [-0.05, 0) is 58.2 Å².